The highest BCUT2D eigenvalue weighted by Gasteiger charge is 2.52. The van der Waals surface area contributed by atoms with Crippen LogP contribution in [0.2, 0.25) is 0 Å². The number of aromatic nitrogens is 2. The molecular formula is C12H15IN2. The standard InChI is InChI=1S/C12H15IN2/c1-7(2)15-10(6-11(13)14-15)12-8-4-3-5-9(8)12/h3-4,6-9,12H,5H2,1-2H3. The van der Waals surface area contributed by atoms with Crippen LogP contribution >= 0.6 is 22.6 Å². The van der Waals surface area contributed by atoms with Gasteiger partial charge in [-0.05, 0) is 60.8 Å². The van der Waals surface area contributed by atoms with Gasteiger partial charge in [0.2, 0.25) is 0 Å². The highest BCUT2D eigenvalue weighted by molar-refractivity contribution is 14.1. The molecular weight excluding hydrogens is 299 g/mol. The van der Waals surface area contributed by atoms with E-state index >= 15 is 0 Å². The number of hydrogen-bond donors (Lipinski definition) is 0. The van der Waals surface area contributed by atoms with Crippen molar-refractivity contribution in [2.75, 3.05) is 0 Å². The maximum Gasteiger partial charge on any atom is 0.123 e. The molecule has 0 radical (unpaired) electrons. The molecule has 2 nitrogen and oxygen atoms in total. The summed E-state index contributed by atoms with van der Waals surface area (Å²) < 4.78 is 3.34. The average Bonchev–Trinajstić information content (AvgIpc) is 2.62. The molecule has 0 spiro atoms. The predicted octanol–water partition coefficient (Wildman–Crippen LogP) is 3.36. The van der Waals surface area contributed by atoms with Crippen molar-refractivity contribution in [3.8, 4) is 0 Å². The third-order valence-electron chi connectivity index (χ3n) is 3.56. The summed E-state index contributed by atoms with van der Waals surface area (Å²) in [6.07, 6.45) is 5.99. The number of allylic oxidation sites excluding steroid dienone is 2. The summed E-state index contributed by atoms with van der Waals surface area (Å²) in [7, 11) is 0. The molecule has 3 rings (SSSR count). The van der Waals surface area contributed by atoms with E-state index in [1.165, 1.54) is 12.1 Å². The van der Waals surface area contributed by atoms with E-state index in [0.29, 0.717) is 6.04 Å². The molecule has 15 heavy (non-hydrogen) atoms. The highest BCUT2D eigenvalue weighted by Crippen LogP contribution is 2.60. The maximum absolute atomic E-state index is 4.58. The Morgan fingerprint density at radius 2 is 2.33 bits per heavy atom. The Hall–Kier alpha value is -0.320. The van der Waals surface area contributed by atoms with Gasteiger partial charge < -0.3 is 0 Å². The molecule has 0 aliphatic heterocycles. The maximum atomic E-state index is 4.58. The van der Waals surface area contributed by atoms with E-state index in [4.69, 9.17) is 0 Å². The van der Waals surface area contributed by atoms with E-state index in [9.17, 15) is 0 Å². The molecule has 0 aromatic carbocycles. The smallest absolute Gasteiger partial charge is 0.123 e. The average molecular weight is 314 g/mol. The molecule has 1 aromatic heterocycles. The zero-order chi connectivity index (χ0) is 10.6. The van der Waals surface area contributed by atoms with Crippen molar-refractivity contribution in [1.82, 2.24) is 9.78 Å². The Labute approximate surface area is 104 Å². The molecule has 1 saturated carbocycles. The van der Waals surface area contributed by atoms with Gasteiger partial charge in [0.05, 0.1) is 0 Å². The van der Waals surface area contributed by atoms with Gasteiger partial charge in [-0.2, -0.15) is 5.10 Å². The first kappa shape index (κ1) is 9.87. The molecule has 1 aromatic rings. The van der Waals surface area contributed by atoms with Gasteiger partial charge >= 0.3 is 0 Å². The second-order valence-electron chi connectivity index (χ2n) is 4.86. The summed E-state index contributed by atoms with van der Waals surface area (Å²) >= 11 is 2.32. The molecule has 0 bridgehead atoms. The topological polar surface area (TPSA) is 17.8 Å². The van der Waals surface area contributed by atoms with Gasteiger partial charge in [-0.15, -0.1) is 0 Å². The second-order valence-corrected chi connectivity index (χ2v) is 5.97. The normalized spacial score (nSPS) is 32.4. The molecule has 1 fully saturated rings. The molecule has 1 heterocycles. The molecule has 2 aliphatic carbocycles. The van der Waals surface area contributed by atoms with Crippen LogP contribution < -0.4 is 0 Å². The highest BCUT2D eigenvalue weighted by atomic mass is 127. The van der Waals surface area contributed by atoms with Gasteiger partial charge in [0.25, 0.3) is 0 Å². The largest absolute Gasteiger partial charge is 0.266 e. The van der Waals surface area contributed by atoms with Gasteiger partial charge in [0, 0.05) is 17.7 Å². The fourth-order valence-corrected chi connectivity index (χ4v) is 3.37. The fourth-order valence-electron chi connectivity index (χ4n) is 2.82. The van der Waals surface area contributed by atoms with E-state index in [0.717, 1.165) is 21.5 Å². The van der Waals surface area contributed by atoms with Crippen LogP contribution in [0.5, 0.6) is 0 Å². The van der Waals surface area contributed by atoms with Crippen LogP contribution in [0.1, 0.15) is 37.9 Å². The first-order chi connectivity index (χ1) is 7.18. The zero-order valence-corrected chi connectivity index (χ0v) is 11.2. The minimum atomic E-state index is 0.480. The van der Waals surface area contributed by atoms with E-state index in [1.54, 1.807) is 0 Å². The van der Waals surface area contributed by atoms with Crippen molar-refractivity contribution >= 4 is 22.6 Å². The minimum Gasteiger partial charge on any atom is -0.266 e. The summed E-state index contributed by atoms with van der Waals surface area (Å²) in [5.41, 5.74) is 1.45. The second kappa shape index (κ2) is 3.34. The van der Waals surface area contributed by atoms with Gasteiger partial charge in [0.1, 0.15) is 3.70 Å². The summed E-state index contributed by atoms with van der Waals surface area (Å²) in [6, 6.07) is 2.74. The lowest BCUT2D eigenvalue weighted by atomic mass is 10.1. The number of nitrogens with zero attached hydrogens (tertiary/aromatic N) is 2. The Bertz CT molecular complexity index is 419. The lowest BCUT2D eigenvalue weighted by Gasteiger charge is -2.10. The Morgan fingerprint density at radius 3 is 2.93 bits per heavy atom. The summed E-state index contributed by atoms with van der Waals surface area (Å²) in [5, 5.41) is 4.58. The van der Waals surface area contributed by atoms with Gasteiger partial charge in [0.15, 0.2) is 0 Å². The Balaban J connectivity index is 1.95. The molecule has 3 heteroatoms. The van der Waals surface area contributed by atoms with Crippen molar-refractivity contribution < 1.29 is 0 Å². The fraction of sp³-hybridized carbons (Fsp3) is 0.583. The quantitative estimate of drug-likeness (QED) is 0.605. The zero-order valence-electron chi connectivity index (χ0n) is 9.02. The third-order valence-corrected chi connectivity index (χ3v) is 4.09. The van der Waals surface area contributed by atoms with E-state index in [-0.39, 0.29) is 0 Å². The van der Waals surface area contributed by atoms with Crippen molar-refractivity contribution in [2.45, 2.75) is 32.2 Å². The van der Waals surface area contributed by atoms with Gasteiger partial charge in [-0.25, -0.2) is 0 Å². The van der Waals surface area contributed by atoms with Crippen LogP contribution in [0, 0.1) is 15.5 Å². The van der Waals surface area contributed by atoms with Crippen LogP contribution in [0.15, 0.2) is 18.2 Å². The minimum absolute atomic E-state index is 0.480. The predicted molar refractivity (Wildman–Crippen MR) is 68.8 cm³/mol. The lowest BCUT2D eigenvalue weighted by Crippen LogP contribution is -2.07. The third kappa shape index (κ3) is 1.47. The monoisotopic (exact) mass is 314 g/mol. The molecule has 0 amide bonds. The molecule has 0 N–H and O–H groups in total. The lowest BCUT2D eigenvalue weighted by molar-refractivity contribution is 0.502. The van der Waals surface area contributed by atoms with Crippen molar-refractivity contribution in [2.24, 2.45) is 11.8 Å². The van der Waals surface area contributed by atoms with Crippen molar-refractivity contribution in [3.63, 3.8) is 0 Å². The first-order valence-corrected chi connectivity index (χ1v) is 6.68. The van der Waals surface area contributed by atoms with Crippen LogP contribution in [0.3, 0.4) is 0 Å². The van der Waals surface area contributed by atoms with Crippen LogP contribution in [-0.2, 0) is 0 Å². The van der Waals surface area contributed by atoms with E-state index in [1.807, 2.05) is 0 Å². The summed E-state index contributed by atoms with van der Waals surface area (Å²) in [6.45, 7) is 4.42. The molecule has 0 saturated heterocycles. The number of fused-ring (bicyclic) bond motifs is 1. The van der Waals surface area contributed by atoms with Crippen molar-refractivity contribution in [1.29, 1.82) is 0 Å². The Morgan fingerprint density at radius 1 is 1.53 bits per heavy atom. The SMILES string of the molecule is CC(C)n1nc(I)cc1C1C2C=CCC21. The van der Waals surface area contributed by atoms with E-state index < -0.39 is 0 Å². The van der Waals surface area contributed by atoms with Crippen LogP contribution in [-0.4, -0.2) is 9.78 Å². The summed E-state index contributed by atoms with van der Waals surface area (Å²) in [5.74, 6) is 2.46. The van der Waals surface area contributed by atoms with Crippen LogP contribution in [0.25, 0.3) is 0 Å². The molecule has 2 aliphatic rings. The molecule has 3 atom stereocenters. The number of hydrogen-bond acceptors (Lipinski definition) is 1. The van der Waals surface area contributed by atoms with E-state index in [2.05, 4.69) is 64.4 Å². The molecule has 80 valence electrons. The van der Waals surface area contributed by atoms with Crippen molar-refractivity contribution in [3.05, 3.63) is 27.6 Å². The van der Waals surface area contributed by atoms with Gasteiger partial charge in [-0.3, -0.25) is 4.68 Å². The van der Waals surface area contributed by atoms with Crippen LogP contribution in [0.4, 0.5) is 0 Å². The summed E-state index contributed by atoms with van der Waals surface area (Å²) in [4.78, 5) is 0. The first-order valence-electron chi connectivity index (χ1n) is 5.60. The number of halogens is 1. The molecule has 3 unspecified atom stereocenters. The van der Waals surface area contributed by atoms with Gasteiger partial charge in [-0.1, -0.05) is 12.2 Å². The number of rotatable bonds is 2. The Kier molecular flexibility index (Phi) is 2.20.